The summed E-state index contributed by atoms with van der Waals surface area (Å²) < 4.78 is 19.1. The number of nitrogens with zero attached hydrogens (tertiary/aromatic N) is 3. The van der Waals surface area contributed by atoms with Gasteiger partial charge in [-0.2, -0.15) is 9.78 Å². The Labute approximate surface area is 203 Å². The van der Waals surface area contributed by atoms with Gasteiger partial charge in [-0.05, 0) is 59.3 Å². The first-order valence-electron chi connectivity index (χ1n) is 10.6. The molecule has 0 radical (unpaired) electrons. The molecule has 0 N–H and O–H groups in total. The zero-order valence-electron chi connectivity index (χ0n) is 18.5. The lowest BCUT2D eigenvalue weighted by molar-refractivity contribution is 0.311. The Morgan fingerprint density at radius 1 is 1.09 bits per heavy atom. The van der Waals surface area contributed by atoms with Crippen LogP contribution in [0.2, 0.25) is 0 Å². The van der Waals surface area contributed by atoms with Crippen LogP contribution in [0.5, 0.6) is 11.5 Å². The predicted molar refractivity (Wildman–Crippen MR) is 136 cm³/mol. The minimum absolute atomic E-state index is 0.299. The number of hydrogen-bond donors (Lipinski definition) is 0. The highest BCUT2D eigenvalue weighted by Gasteiger charge is 2.17. The van der Waals surface area contributed by atoms with Gasteiger partial charge in [0.05, 0.1) is 30.8 Å². The van der Waals surface area contributed by atoms with Crippen LogP contribution in [0.3, 0.4) is 0 Å². The number of rotatable bonds is 6. The molecule has 0 bridgehead atoms. The molecule has 2 heterocycles. The molecule has 3 aromatic carbocycles. The van der Waals surface area contributed by atoms with Gasteiger partial charge in [-0.3, -0.25) is 4.79 Å². The normalized spacial score (nSPS) is 11.5. The van der Waals surface area contributed by atoms with Gasteiger partial charge in [-0.15, -0.1) is 0 Å². The molecule has 0 aliphatic heterocycles. The minimum atomic E-state index is -0.299. The summed E-state index contributed by atoms with van der Waals surface area (Å²) in [5, 5.41) is 5.89. The van der Waals surface area contributed by atoms with Crippen LogP contribution in [0.15, 0.2) is 85.5 Å². The highest BCUT2D eigenvalue weighted by atomic mass is 79.9. The van der Waals surface area contributed by atoms with E-state index in [4.69, 9.17) is 18.9 Å². The topological polar surface area (TPSA) is 78.9 Å². The lowest BCUT2D eigenvalue weighted by atomic mass is 10.2. The van der Waals surface area contributed by atoms with Gasteiger partial charge >= 0.3 is 0 Å². The van der Waals surface area contributed by atoms with E-state index >= 15 is 0 Å². The fourth-order valence-corrected chi connectivity index (χ4v) is 4.10. The fourth-order valence-electron chi connectivity index (χ4n) is 3.68. The standard InChI is InChI=1S/C26H20BrN3O4/c1-3-33-23-13-17(19(27)14-22(23)32-2)15-28-30-25(24-12-16-8-4-7-11-21(16)34-24)29-20-10-6-5-9-18(20)26(30)31/h4-15H,3H2,1-2H3. The van der Waals surface area contributed by atoms with Gasteiger partial charge in [-0.1, -0.05) is 30.3 Å². The molecule has 0 amide bonds. The Kier molecular flexibility index (Phi) is 5.90. The van der Waals surface area contributed by atoms with Crippen LogP contribution in [0.25, 0.3) is 33.5 Å². The first-order chi connectivity index (χ1) is 16.6. The third kappa shape index (κ3) is 3.97. The molecule has 5 rings (SSSR count). The minimum Gasteiger partial charge on any atom is -0.493 e. The van der Waals surface area contributed by atoms with E-state index in [9.17, 15) is 4.79 Å². The zero-order chi connectivity index (χ0) is 23.7. The van der Waals surface area contributed by atoms with Crippen molar-refractivity contribution in [2.45, 2.75) is 6.92 Å². The van der Waals surface area contributed by atoms with E-state index in [1.165, 1.54) is 4.68 Å². The maximum Gasteiger partial charge on any atom is 0.282 e. The van der Waals surface area contributed by atoms with E-state index in [1.54, 1.807) is 43.7 Å². The average molecular weight is 518 g/mol. The summed E-state index contributed by atoms with van der Waals surface area (Å²) >= 11 is 3.54. The van der Waals surface area contributed by atoms with Crippen molar-refractivity contribution in [3.05, 3.63) is 87.1 Å². The zero-order valence-corrected chi connectivity index (χ0v) is 20.1. The molecular weight excluding hydrogens is 498 g/mol. The molecule has 0 saturated heterocycles. The molecule has 0 spiro atoms. The van der Waals surface area contributed by atoms with Gasteiger partial charge in [0.1, 0.15) is 5.58 Å². The summed E-state index contributed by atoms with van der Waals surface area (Å²) in [6.45, 7) is 2.38. The summed E-state index contributed by atoms with van der Waals surface area (Å²) in [4.78, 5) is 18.1. The smallest absolute Gasteiger partial charge is 0.282 e. The highest BCUT2D eigenvalue weighted by molar-refractivity contribution is 9.10. The van der Waals surface area contributed by atoms with E-state index in [0.29, 0.717) is 51.7 Å². The van der Waals surface area contributed by atoms with Crippen molar-refractivity contribution < 1.29 is 13.9 Å². The summed E-state index contributed by atoms with van der Waals surface area (Å²) in [6, 6.07) is 20.3. The molecule has 0 aliphatic rings. The van der Waals surface area contributed by atoms with Gasteiger partial charge in [0, 0.05) is 15.4 Å². The van der Waals surface area contributed by atoms with Crippen LogP contribution in [0.1, 0.15) is 12.5 Å². The van der Waals surface area contributed by atoms with Crippen LogP contribution in [0, 0.1) is 0 Å². The largest absolute Gasteiger partial charge is 0.493 e. The monoisotopic (exact) mass is 517 g/mol. The molecule has 34 heavy (non-hydrogen) atoms. The molecule has 2 aromatic heterocycles. The molecule has 5 aromatic rings. The molecule has 0 atom stereocenters. The van der Waals surface area contributed by atoms with Crippen LogP contribution in [-0.2, 0) is 0 Å². The van der Waals surface area contributed by atoms with Crippen LogP contribution >= 0.6 is 15.9 Å². The number of hydrogen-bond acceptors (Lipinski definition) is 6. The number of aromatic nitrogens is 2. The Bertz CT molecular complexity index is 1570. The van der Waals surface area contributed by atoms with Crippen molar-refractivity contribution in [2.24, 2.45) is 5.10 Å². The molecule has 0 saturated carbocycles. The number of halogens is 1. The quantitative estimate of drug-likeness (QED) is 0.263. The number of methoxy groups -OCH3 is 1. The second kappa shape index (κ2) is 9.15. The Morgan fingerprint density at radius 2 is 1.88 bits per heavy atom. The second-order valence-electron chi connectivity index (χ2n) is 7.42. The maximum atomic E-state index is 13.4. The molecule has 7 nitrogen and oxygen atoms in total. The number of para-hydroxylation sites is 2. The van der Waals surface area contributed by atoms with Gasteiger partial charge in [0.25, 0.3) is 5.56 Å². The predicted octanol–water partition coefficient (Wildman–Crippen LogP) is 5.86. The number of ether oxygens (including phenoxy) is 2. The molecule has 0 fully saturated rings. The second-order valence-corrected chi connectivity index (χ2v) is 8.27. The Hall–Kier alpha value is -3.91. The third-order valence-electron chi connectivity index (χ3n) is 5.29. The average Bonchev–Trinajstić information content (AvgIpc) is 3.29. The highest BCUT2D eigenvalue weighted by Crippen LogP contribution is 2.33. The van der Waals surface area contributed by atoms with Crippen molar-refractivity contribution in [1.29, 1.82) is 0 Å². The summed E-state index contributed by atoms with van der Waals surface area (Å²) in [5.74, 6) is 1.94. The molecule has 170 valence electrons. The van der Waals surface area contributed by atoms with Crippen LogP contribution < -0.4 is 15.0 Å². The van der Waals surface area contributed by atoms with E-state index in [2.05, 4.69) is 21.0 Å². The maximum absolute atomic E-state index is 13.4. The van der Waals surface area contributed by atoms with E-state index in [1.807, 2.05) is 43.3 Å². The van der Waals surface area contributed by atoms with Crippen LogP contribution in [0.4, 0.5) is 0 Å². The first kappa shape index (κ1) is 21.9. The van der Waals surface area contributed by atoms with Crippen LogP contribution in [-0.4, -0.2) is 29.6 Å². The summed E-state index contributed by atoms with van der Waals surface area (Å²) in [7, 11) is 1.58. The van der Waals surface area contributed by atoms with Crippen molar-refractivity contribution in [1.82, 2.24) is 9.66 Å². The van der Waals surface area contributed by atoms with Gasteiger partial charge in [0.2, 0.25) is 5.82 Å². The lowest BCUT2D eigenvalue weighted by Gasteiger charge is -2.11. The third-order valence-corrected chi connectivity index (χ3v) is 5.98. The Morgan fingerprint density at radius 3 is 2.68 bits per heavy atom. The van der Waals surface area contributed by atoms with E-state index < -0.39 is 0 Å². The van der Waals surface area contributed by atoms with E-state index in [-0.39, 0.29) is 5.56 Å². The van der Waals surface area contributed by atoms with Crippen molar-refractivity contribution >= 4 is 44.0 Å². The van der Waals surface area contributed by atoms with Crippen molar-refractivity contribution in [3.8, 4) is 23.1 Å². The number of benzene rings is 3. The number of furan rings is 1. The van der Waals surface area contributed by atoms with Gasteiger partial charge in [-0.25, -0.2) is 4.98 Å². The number of fused-ring (bicyclic) bond motifs is 2. The van der Waals surface area contributed by atoms with Crippen molar-refractivity contribution in [2.75, 3.05) is 13.7 Å². The Balaban J connectivity index is 1.69. The fraction of sp³-hybridized carbons (Fsp3) is 0.115. The van der Waals surface area contributed by atoms with Gasteiger partial charge < -0.3 is 13.9 Å². The first-order valence-corrected chi connectivity index (χ1v) is 11.4. The lowest BCUT2D eigenvalue weighted by Crippen LogP contribution is -2.20. The molecule has 8 heteroatoms. The molecule has 0 unspecified atom stereocenters. The molecular formula is C26H20BrN3O4. The van der Waals surface area contributed by atoms with Crippen molar-refractivity contribution in [3.63, 3.8) is 0 Å². The van der Waals surface area contributed by atoms with Gasteiger partial charge in [0.15, 0.2) is 17.3 Å². The summed E-state index contributed by atoms with van der Waals surface area (Å²) in [6.07, 6.45) is 1.58. The summed E-state index contributed by atoms with van der Waals surface area (Å²) in [5.41, 5.74) is 1.68. The molecule has 0 aliphatic carbocycles. The SMILES string of the molecule is CCOc1cc(C=Nn2c(-c3cc4ccccc4o3)nc3ccccc3c2=O)c(Br)cc1OC. The van der Waals surface area contributed by atoms with E-state index in [0.717, 1.165) is 9.86 Å².